The molecule has 0 spiro atoms. The molecule has 2 aromatic rings. The van der Waals surface area contributed by atoms with Gasteiger partial charge in [-0.05, 0) is 49.6 Å². The van der Waals surface area contributed by atoms with Crippen LogP contribution in [0.3, 0.4) is 0 Å². The molecule has 1 aliphatic carbocycles. The number of nitrogens with zero attached hydrogens (tertiary/aromatic N) is 1. The summed E-state index contributed by atoms with van der Waals surface area (Å²) in [4.78, 5) is 12.6. The number of anilines is 1. The molecule has 1 fully saturated rings. The number of hydrogen-bond acceptors (Lipinski definition) is 2. The van der Waals surface area contributed by atoms with Gasteiger partial charge in [-0.3, -0.25) is 4.79 Å². The molecule has 3 N–H and O–H groups in total. The summed E-state index contributed by atoms with van der Waals surface area (Å²) >= 11 is 0. The molecule has 21 heavy (non-hydrogen) atoms. The normalized spacial score (nSPS) is 15.7. The minimum absolute atomic E-state index is 0.117. The van der Waals surface area contributed by atoms with E-state index in [1.807, 2.05) is 31.3 Å². The quantitative estimate of drug-likeness (QED) is 0.846. The van der Waals surface area contributed by atoms with E-state index >= 15 is 0 Å². The number of carbonyl (C=O) groups excluding carboxylic acids is 1. The third-order valence-electron chi connectivity index (χ3n) is 4.55. The molecule has 1 amide bonds. The molecule has 1 aliphatic rings. The van der Waals surface area contributed by atoms with Crippen molar-refractivity contribution in [3.05, 3.63) is 53.3 Å². The van der Waals surface area contributed by atoms with Gasteiger partial charge in [0.1, 0.15) is 0 Å². The maximum Gasteiger partial charge on any atom is 0.230 e. The number of hydrogen-bond donors (Lipinski definition) is 2. The highest BCUT2D eigenvalue weighted by atomic mass is 16.2. The first-order valence-electron chi connectivity index (χ1n) is 7.28. The zero-order chi connectivity index (χ0) is 15.0. The summed E-state index contributed by atoms with van der Waals surface area (Å²) in [6, 6.07) is 11.8. The van der Waals surface area contributed by atoms with E-state index in [0.717, 1.165) is 29.8 Å². The number of aryl methyl sites for hydroxylation is 1. The first kappa shape index (κ1) is 13.7. The fourth-order valence-corrected chi connectivity index (χ4v) is 2.76. The lowest BCUT2D eigenvalue weighted by Gasteiger charge is -2.16. The van der Waals surface area contributed by atoms with Gasteiger partial charge in [-0.1, -0.05) is 12.1 Å². The minimum Gasteiger partial charge on any atom is -0.399 e. The van der Waals surface area contributed by atoms with Gasteiger partial charge >= 0.3 is 0 Å². The first-order valence-corrected chi connectivity index (χ1v) is 7.28. The van der Waals surface area contributed by atoms with Crippen LogP contribution in [-0.2, 0) is 23.8 Å². The number of aromatic nitrogens is 1. The molecule has 0 unspecified atom stereocenters. The molecule has 1 aromatic heterocycles. The summed E-state index contributed by atoms with van der Waals surface area (Å²) < 4.78 is 2.10. The van der Waals surface area contributed by atoms with Crippen LogP contribution in [0, 0.1) is 6.92 Å². The number of nitrogen functional groups attached to an aromatic ring is 1. The molecule has 1 saturated carbocycles. The minimum atomic E-state index is -0.339. The molecule has 1 heterocycles. The van der Waals surface area contributed by atoms with Crippen LogP contribution >= 0.6 is 0 Å². The number of benzene rings is 1. The molecular formula is C17H21N3O. The summed E-state index contributed by atoms with van der Waals surface area (Å²) in [7, 11) is 2.02. The fraction of sp³-hybridized carbons (Fsp3) is 0.353. The van der Waals surface area contributed by atoms with Gasteiger partial charge in [0, 0.05) is 24.1 Å². The van der Waals surface area contributed by atoms with Gasteiger partial charge in [0.15, 0.2) is 0 Å². The van der Waals surface area contributed by atoms with E-state index in [9.17, 15) is 4.79 Å². The predicted molar refractivity (Wildman–Crippen MR) is 83.8 cm³/mol. The van der Waals surface area contributed by atoms with Gasteiger partial charge in [-0.2, -0.15) is 0 Å². The SMILES string of the molecule is Cc1ccc(CNC(=O)C2(c3ccc(N)cc3)CC2)n1C. The Hall–Kier alpha value is -2.23. The summed E-state index contributed by atoms with van der Waals surface area (Å²) in [5, 5.41) is 3.08. The molecule has 4 nitrogen and oxygen atoms in total. The van der Waals surface area contributed by atoms with Crippen LogP contribution in [0.25, 0.3) is 0 Å². The van der Waals surface area contributed by atoms with E-state index < -0.39 is 0 Å². The van der Waals surface area contributed by atoms with Crippen molar-refractivity contribution in [2.75, 3.05) is 5.73 Å². The van der Waals surface area contributed by atoms with Crippen molar-refractivity contribution < 1.29 is 4.79 Å². The molecule has 1 aromatic carbocycles. The molecular weight excluding hydrogens is 262 g/mol. The van der Waals surface area contributed by atoms with Gasteiger partial charge in [0.25, 0.3) is 0 Å². The summed E-state index contributed by atoms with van der Waals surface area (Å²) in [6.45, 7) is 2.63. The highest BCUT2D eigenvalue weighted by Gasteiger charge is 2.51. The molecule has 0 radical (unpaired) electrons. The molecule has 0 bridgehead atoms. The predicted octanol–water partition coefficient (Wildman–Crippen LogP) is 2.26. The van der Waals surface area contributed by atoms with Crippen molar-refractivity contribution in [3.8, 4) is 0 Å². The van der Waals surface area contributed by atoms with Gasteiger partial charge in [-0.25, -0.2) is 0 Å². The van der Waals surface area contributed by atoms with Gasteiger partial charge < -0.3 is 15.6 Å². The van der Waals surface area contributed by atoms with Crippen molar-refractivity contribution in [1.82, 2.24) is 9.88 Å². The zero-order valence-corrected chi connectivity index (χ0v) is 12.5. The lowest BCUT2D eigenvalue weighted by Crippen LogP contribution is -2.34. The number of carbonyl (C=O) groups is 1. The largest absolute Gasteiger partial charge is 0.399 e. The van der Waals surface area contributed by atoms with Crippen molar-refractivity contribution in [3.63, 3.8) is 0 Å². The van der Waals surface area contributed by atoms with Crippen molar-refractivity contribution >= 4 is 11.6 Å². The summed E-state index contributed by atoms with van der Waals surface area (Å²) in [5.74, 6) is 0.117. The zero-order valence-electron chi connectivity index (χ0n) is 12.5. The Morgan fingerprint density at radius 2 is 1.90 bits per heavy atom. The Balaban J connectivity index is 1.70. The van der Waals surface area contributed by atoms with Crippen molar-refractivity contribution in [1.29, 1.82) is 0 Å². The van der Waals surface area contributed by atoms with Gasteiger partial charge in [0.05, 0.1) is 12.0 Å². The number of rotatable bonds is 4. The van der Waals surface area contributed by atoms with Crippen LogP contribution in [0.15, 0.2) is 36.4 Å². The van der Waals surface area contributed by atoms with Crippen LogP contribution < -0.4 is 11.1 Å². The summed E-state index contributed by atoms with van der Waals surface area (Å²) in [6.07, 6.45) is 1.82. The van der Waals surface area contributed by atoms with Crippen LogP contribution in [0.5, 0.6) is 0 Å². The number of amides is 1. The lowest BCUT2D eigenvalue weighted by atomic mass is 9.95. The Kier molecular flexibility index (Phi) is 3.24. The standard InChI is InChI=1S/C17H21N3O/c1-12-3-8-15(20(12)2)11-19-16(21)17(9-10-17)13-4-6-14(18)7-5-13/h3-8H,9-11,18H2,1-2H3,(H,19,21). The molecule has 0 saturated heterocycles. The van der Waals surface area contributed by atoms with Crippen molar-refractivity contribution in [2.45, 2.75) is 31.7 Å². The smallest absolute Gasteiger partial charge is 0.230 e. The average molecular weight is 283 g/mol. The van der Waals surface area contributed by atoms with Gasteiger partial charge in [-0.15, -0.1) is 0 Å². The number of nitrogens with one attached hydrogen (secondary N) is 1. The van der Waals surface area contributed by atoms with E-state index in [4.69, 9.17) is 5.73 Å². The molecule has 4 heteroatoms. The van der Waals surface area contributed by atoms with Crippen LogP contribution in [0.2, 0.25) is 0 Å². The van der Waals surface area contributed by atoms with E-state index in [0.29, 0.717) is 6.54 Å². The fourth-order valence-electron chi connectivity index (χ4n) is 2.76. The highest BCUT2D eigenvalue weighted by molar-refractivity contribution is 5.91. The van der Waals surface area contributed by atoms with Gasteiger partial charge in [0.2, 0.25) is 5.91 Å². The summed E-state index contributed by atoms with van der Waals surface area (Å²) in [5.41, 5.74) is 9.49. The van der Waals surface area contributed by atoms with E-state index in [1.165, 1.54) is 5.69 Å². The third-order valence-corrected chi connectivity index (χ3v) is 4.55. The third kappa shape index (κ3) is 2.42. The second kappa shape index (κ2) is 4.95. The Morgan fingerprint density at radius 3 is 2.43 bits per heavy atom. The van der Waals surface area contributed by atoms with Crippen LogP contribution in [0.4, 0.5) is 5.69 Å². The lowest BCUT2D eigenvalue weighted by molar-refractivity contribution is -0.123. The van der Waals surface area contributed by atoms with E-state index in [1.54, 1.807) is 0 Å². The molecule has 110 valence electrons. The van der Waals surface area contributed by atoms with Crippen LogP contribution in [-0.4, -0.2) is 10.5 Å². The van der Waals surface area contributed by atoms with E-state index in [-0.39, 0.29) is 11.3 Å². The van der Waals surface area contributed by atoms with Crippen molar-refractivity contribution in [2.24, 2.45) is 7.05 Å². The second-order valence-corrected chi connectivity index (χ2v) is 5.91. The topological polar surface area (TPSA) is 60.1 Å². The monoisotopic (exact) mass is 283 g/mol. The Labute approximate surface area is 125 Å². The Bertz CT molecular complexity index is 666. The second-order valence-electron chi connectivity index (χ2n) is 5.91. The Morgan fingerprint density at radius 1 is 1.24 bits per heavy atom. The maximum atomic E-state index is 12.6. The number of nitrogens with two attached hydrogens (primary N) is 1. The molecule has 0 aliphatic heterocycles. The average Bonchev–Trinajstić information content (AvgIpc) is 3.22. The molecule has 0 atom stereocenters. The first-order chi connectivity index (χ1) is 10.0. The highest BCUT2D eigenvalue weighted by Crippen LogP contribution is 2.48. The van der Waals surface area contributed by atoms with E-state index in [2.05, 4.69) is 28.9 Å². The maximum absolute atomic E-state index is 12.6. The van der Waals surface area contributed by atoms with Crippen LogP contribution in [0.1, 0.15) is 29.8 Å². The molecule has 3 rings (SSSR count).